The van der Waals surface area contributed by atoms with Gasteiger partial charge in [-0.1, -0.05) is 35.1 Å². The maximum atomic E-state index is 12.8. The number of hydrogen-bond donors (Lipinski definition) is 4. The summed E-state index contributed by atoms with van der Waals surface area (Å²) < 4.78 is 0.781. The van der Waals surface area contributed by atoms with Crippen LogP contribution < -0.4 is 16.0 Å². The molecule has 35 heavy (non-hydrogen) atoms. The molecular formula is C26H22ClN5O2S. The summed E-state index contributed by atoms with van der Waals surface area (Å²) in [5.41, 5.74) is 6.60. The number of amides is 3. The Balaban J connectivity index is 1.30. The fourth-order valence-electron chi connectivity index (χ4n) is 3.89. The molecule has 0 saturated carbocycles. The summed E-state index contributed by atoms with van der Waals surface area (Å²) >= 11 is 7.53. The van der Waals surface area contributed by atoms with Gasteiger partial charge in [0.1, 0.15) is 0 Å². The van der Waals surface area contributed by atoms with Crippen LogP contribution in [0.4, 0.5) is 21.3 Å². The minimum atomic E-state index is -0.388. The Labute approximate surface area is 210 Å². The van der Waals surface area contributed by atoms with E-state index in [1.807, 2.05) is 51.1 Å². The number of aryl methyl sites for hydroxylation is 3. The van der Waals surface area contributed by atoms with Gasteiger partial charge in [0.25, 0.3) is 5.91 Å². The van der Waals surface area contributed by atoms with Gasteiger partial charge in [0.15, 0.2) is 5.13 Å². The van der Waals surface area contributed by atoms with Gasteiger partial charge in [-0.25, -0.2) is 9.78 Å². The van der Waals surface area contributed by atoms with Crippen molar-refractivity contribution >= 4 is 72.5 Å². The first kappa shape index (κ1) is 22.9. The Bertz CT molecular complexity index is 1600. The second kappa shape index (κ2) is 9.05. The third-order valence-corrected chi connectivity index (χ3v) is 7.15. The molecule has 9 heteroatoms. The number of carbonyl (C=O) groups excluding carboxylic acids is 2. The first-order valence-corrected chi connectivity index (χ1v) is 12.1. The van der Waals surface area contributed by atoms with Crippen molar-refractivity contribution in [3.63, 3.8) is 0 Å². The number of rotatable bonds is 4. The molecule has 0 atom stereocenters. The highest BCUT2D eigenvalue weighted by Gasteiger charge is 2.14. The Kier molecular flexibility index (Phi) is 5.92. The largest absolute Gasteiger partial charge is 0.358 e. The van der Waals surface area contributed by atoms with Crippen molar-refractivity contribution < 1.29 is 9.59 Å². The molecule has 2 aromatic heterocycles. The molecular weight excluding hydrogens is 482 g/mol. The van der Waals surface area contributed by atoms with E-state index in [0.717, 1.165) is 32.4 Å². The normalized spacial score (nSPS) is 11.1. The zero-order valence-corrected chi connectivity index (χ0v) is 20.8. The van der Waals surface area contributed by atoms with Gasteiger partial charge in [0.2, 0.25) is 0 Å². The molecule has 2 heterocycles. The molecule has 5 rings (SSSR count). The number of benzene rings is 3. The van der Waals surface area contributed by atoms with Crippen LogP contribution in [0.15, 0.2) is 54.6 Å². The lowest BCUT2D eigenvalue weighted by Crippen LogP contribution is -2.19. The molecule has 3 aromatic carbocycles. The molecule has 0 aliphatic carbocycles. The topological polar surface area (TPSA) is 98.9 Å². The fourth-order valence-corrected chi connectivity index (χ4v) is 5.06. The molecule has 176 valence electrons. The molecule has 5 aromatic rings. The highest BCUT2D eigenvalue weighted by molar-refractivity contribution is 7.22. The van der Waals surface area contributed by atoms with E-state index in [-0.39, 0.29) is 11.9 Å². The number of aromatic amines is 1. The van der Waals surface area contributed by atoms with Gasteiger partial charge in [-0.15, -0.1) is 0 Å². The van der Waals surface area contributed by atoms with E-state index in [1.54, 1.807) is 24.3 Å². The Hall–Kier alpha value is -3.88. The van der Waals surface area contributed by atoms with Gasteiger partial charge < -0.3 is 15.6 Å². The molecule has 0 aliphatic rings. The van der Waals surface area contributed by atoms with Crippen molar-refractivity contribution in [3.05, 3.63) is 82.0 Å². The zero-order chi connectivity index (χ0) is 24.7. The van der Waals surface area contributed by atoms with Crippen molar-refractivity contribution in [1.29, 1.82) is 0 Å². The number of carbonyl (C=O) groups is 2. The average molecular weight is 504 g/mol. The van der Waals surface area contributed by atoms with Gasteiger partial charge >= 0.3 is 6.03 Å². The molecule has 0 saturated heterocycles. The van der Waals surface area contributed by atoms with E-state index < -0.39 is 0 Å². The van der Waals surface area contributed by atoms with Crippen LogP contribution in [0.1, 0.15) is 27.2 Å². The van der Waals surface area contributed by atoms with Crippen molar-refractivity contribution in [1.82, 2.24) is 9.97 Å². The quantitative estimate of drug-likeness (QED) is 0.208. The van der Waals surface area contributed by atoms with Crippen molar-refractivity contribution in [3.8, 4) is 0 Å². The molecule has 0 unspecified atom stereocenters. The molecule has 0 radical (unpaired) electrons. The third-order valence-electron chi connectivity index (χ3n) is 5.90. The van der Waals surface area contributed by atoms with Crippen molar-refractivity contribution in [2.75, 3.05) is 16.0 Å². The van der Waals surface area contributed by atoms with Crippen LogP contribution in [0.3, 0.4) is 0 Å². The van der Waals surface area contributed by atoms with Crippen LogP contribution in [0.5, 0.6) is 0 Å². The van der Waals surface area contributed by atoms with Gasteiger partial charge in [0, 0.05) is 27.8 Å². The molecule has 0 spiro atoms. The third kappa shape index (κ3) is 4.58. The lowest BCUT2D eigenvalue weighted by Gasteiger charge is -2.10. The number of nitrogens with zero attached hydrogens (tertiary/aromatic N) is 1. The van der Waals surface area contributed by atoms with Crippen LogP contribution in [-0.4, -0.2) is 21.9 Å². The van der Waals surface area contributed by atoms with Gasteiger partial charge in [-0.05, 0) is 74.4 Å². The van der Waals surface area contributed by atoms with E-state index in [9.17, 15) is 9.59 Å². The SMILES string of the molecule is Cc1cccc(Cl)c1NC(=O)c1ccc2nc(NC(=O)Nc3ccc4[nH]c(C)c(C)c4c3)sc2c1. The Morgan fingerprint density at radius 1 is 0.971 bits per heavy atom. The molecule has 0 bridgehead atoms. The number of aromatic nitrogens is 2. The van der Waals surface area contributed by atoms with E-state index >= 15 is 0 Å². The zero-order valence-electron chi connectivity index (χ0n) is 19.2. The number of fused-ring (bicyclic) bond motifs is 2. The van der Waals surface area contributed by atoms with Gasteiger partial charge in [-0.2, -0.15) is 0 Å². The number of hydrogen-bond acceptors (Lipinski definition) is 4. The second-order valence-corrected chi connectivity index (χ2v) is 9.74. The van der Waals surface area contributed by atoms with Crippen molar-refractivity contribution in [2.24, 2.45) is 0 Å². The monoisotopic (exact) mass is 503 g/mol. The minimum Gasteiger partial charge on any atom is -0.358 e. The average Bonchev–Trinajstić information content (AvgIpc) is 3.35. The lowest BCUT2D eigenvalue weighted by atomic mass is 10.1. The van der Waals surface area contributed by atoms with Crippen molar-refractivity contribution in [2.45, 2.75) is 20.8 Å². The maximum absolute atomic E-state index is 12.8. The van der Waals surface area contributed by atoms with Gasteiger partial charge in [0.05, 0.1) is 20.9 Å². The summed E-state index contributed by atoms with van der Waals surface area (Å²) in [7, 11) is 0. The molecule has 4 N–H and O–H groups in total. The first-order valence-electron chi connectivity index (χ1n) is 10.9. The van der Waals surface area contributed by atoms with E-state index in [0.29, 0.717) is 32.6 Å². The summed E-state index contributed by atoms with van der Waals surface area (Å²) in [5.74, 6) is -0.269. The Morgan fingerprint density at radius 3 is 2.60 bits per heavy atom. The maximum Gasteiger partial charge on any atom is 0.325 e. The summed E-state index contributed by atoms with van der Waals surface area (Å²) in [5, 5.41) is 10.5. The first-order chi connectivity index (χ1) is 16.8. The fraction of sp³-hybridized carbons (Fsp3) is 0.115. The standard InChI is InChI=1S/C26H22ClN5O2S/c1-13-5-4-6-19(27)23(13)31-24(33)16-7-9-21-22(11-16)35-26(30-21)32-25(34)29-17-8-10-20-18(12-17)14(2)15(3)28-20/h4-12,28H,1-3H3,(H,31,33)(H2,29,30,32,34). The number of para-hydroxylation sites is 1. The minimum absolute atomic E-state index is 0.269. The smallest absolute Gasteiger partial charge is 0.325 e. The van der Waals surface area contributed by atoms with Crippen LogP contribution in [0.2, 0.25) is 5.02 Å². The summed E-state index contributed by atoms with van der Waals surface area (Å²) in [6, 6.07) is 16.0. The summed E-state index contributed by atoms with van der Waals surface area (Å²) in [4.78, 5) is 33.2. The number of halogens is 1. The highest BCUT2D eigenvalue weighted by atomic mass is 35.5. The van der Waals surface area contributed by atoms with E-state index in [1.165, 1.54) is 11.3 Å². The second-order valence-electron chi connectivity index (χ2n) is 8.30. The molecule has 7 nitrogen and oxygen atoms in total. The van der Waals surface area contributed by atoms with Crippen LogP contribution >= 0.6 is 22.9 Å². The predicted molar refractivity (Wildman–Crippen MR) is 144 cm³/mol. The summed E-state index contributed by atoms with van der Waals surface area (Å²) in [6.07, 6.45) is 0. The lowest BCUT2D eigenvalue weighted by molar-refractivity contribution is 0.102. The Morgan fingerprint density at radius 2 is 1.80 bits per heavy atom. The predicted octanol–water partition coefficient (Wildman–Crippen LogP) is 7.25. The molecule has 0 aliphatic heterocycles. The summed E-state index contributed by atoms with van der Waals surface area (Å²) in [6.45, 7) is 5.95. The number of urea groups is 1. The number of nitrogens with one attached hydrogen (secondary N) is 4. The molecule has 3 amide bonds. The highest BCUT2D eigenvalue weighted by Crippen LogP contribution is 2.29. The number of anilines is 3. The molecule has 0 fully saturated rings. The van der Waals surface area contributed by atoms with Crippen LogP contribution in [-0.2, 0) is 0 Å². The van der Waals surface area contributed by atoms with Crippen LogP contribution in [0, 0.1) is 20.8 Å². The number of H-pyrrole nitrogens is 1. The van der Waals surface area contributed by atoms with Gasteiger partial charge in [-0.3, -0.25) is 10.1 Å². The number of thiazole rings is 1. The van der Waals surface area contributed by atoms with E-state index in [2.05, 4.69) is 25.9 Å². The van der Waals surface area contributed by atoms with Crippen LogP contribution in [0.25, 0.3) is 21.1 Å². The van der Waals surface area contributed by atoms with E-state index in [4.69, 9.17) is 11.6 Å².